The molecular weight excluding hydrogens is 284 g/mol. The van der Waals surface area contributed by atoms with E-state index in [1.54, 1.807) is 19.2 Å². The highest BCUT2D eigenvalue weighted by Gasteiger charge is 2.24. The fraction of sp³-hybridized carbons (Fsp3) is 0.625. The van der Waals surface area contributed by atoms with Crippen molar-refractivity contribution >= 4 is 10.0 Å². The molecular formula is C16H28N2O2S. The van der Waals surface area contributed by atoms with E-state index >= 15 is 0 Å². The standard InChI is InChI=1S/C16H28N2O2S/c1-5-7-14(3)18(4)21(19,20)16-10-8-15(9-11-16)12-13-17-6-2/h8-11,14,17H,5-7,12-13H2,1-4H3. The Kier molecular flexibility index (Phi) is 7.35. The molecule has 0 spiro atoms. The molecule has 1 rings (SSSR count). The van der Waals surface area contributed by atoms with Crippen molar-refractivity contribution < 1.29 is 8.42 Å². The third-order valence-corrected chi connectivity index (χ3v) is 5.75. The van der Waals surface area contributed by atoms with Crippen LogP contribution in [0.5, 0.6) is 0 Å². The minimum absolute atomic E-state index is 0.0217. The highest BCUT2D eigenvalue weighted by atomic mass is 32.2. The predicted octanol–water partition coefficient (Wildman–Crippen LogP) is 2.65. The molecule has 0 aliphatic heterocycles. The molecule has 0 fully saturated rings. The molecule has 0 aliphatic rings. The molecule has 0 bridgehead atoms. The maximum atomic E-state index is 12.5. The number of likely N-dealkylation sites (N-methyl/N-ethyl adjacent to an activating group) is 1. The molecule has 1 aromatic carbocycles. The van der Waals surface area contributed by atoms with Crippen molar-refractivity contribution in [3.05, 3.63) is 29.8 Å². The van der Waals surface area contributed by atoms with Crippen LogP contribution in [0, 0.1) is 0 Å². The first-order valence-electron chi connectivity index (χ1n) is 7.71. The molecule has 0 radical (unpaired) electrons. The summed E-state index contributed by atoms with van der Waals surface area (Å²) in [5.41, 5.74) is 1.15. The van der Waals surface area contributed by atoms with Gasteiger partial charge in [0.15, 0.2) is 0 Å². The van der Waals surface area contributed by atoms with E-state index in [9.17, 15) is 8.42 Å². The molecule has 1 atom stereocenters. The van der Waals surface area contributed by atoms with Gasteiger partial charge in [0.05, 0.1) is 4.90 Å². The van der Waals surface area contributed by atoms with Crippen molar-refractivity contribution in [2.24, 2.45) is 0 Å². The average molecular weight is 312 g/mol. The zero-order valence-corrected chi connectivity index (χ0v) is 14.4. The van der Waals surface area contributed by atoms with Gasteiger partial charge in [-0.15, -0.1) is 0 Å². The first kappa shape index (κ1) is 18.1. The van der Waals surface area contributed by atoms with Crippen LogP contribution in [-0.4, -0.2) is 38.9 Å². The van der Waals surface area contributed by atoms with Crippen LogP contribution in [0.3, 0.4) is 0 Å². The summed E-state index contributed by atoms with van der Waals surface area (Å²) in [7, 11) is -1.72. The average Bonchev–Trinajstić information content (AvgIpc) is 2.47. The van der Waals surface area contributed by atoms with Crippen LogP contribution in [0.1, 0.15) is 39.2 Å². The SMILES string of the molecule is CCCC(C)N(C)S(=O)(=O)c1ccc(CCNCC)cc1. The molecule has 0 heterocycles. The van der Waals surface area contributed by atoms with Gasteiger partial charge in [0.25, 0.3) is 0 Å². The zero-order valence-electron chi connectivity index (χ0n) is 13.6. The quantitative estimate of drug-likeness (QED) is 0.713. The molecule has 1 N–H and O–H groups in total. The Morgan fingerprint density at radius 2 is 1.81 bits per heavy atom. The Hall–Kier alpha value is -0.910. The van der Waals surface area contributed by atoms with E-state index in [0.717, 1.165) is 37.9 Å². The van der Waals surface area contributed by atoms with Gasteiger partial charge in [-0.25, -0.2) is 8.42 Å². The lowest BCUT2D eigenvalue weighted by molar-refractivity contribution is 0.369. The maximum Gasteiger partial charge on any atom is 0.243 e. The fourth-order valence-corrected chi connectivity index (χ4v) is 3.63. The topological polar surface area (TPSA) is 49.4 Å². The summed E-state index contributed by atoms with van der Waals surface area (Å²) in [4.78, 5) is 0.375. The second-order valence-electron chi connectivity index (χ2n) is 5.41. The van der Waals surface area contributed by atoms with Crippen LogP contribution in [-0.2, 0) is 16.4 Å². The summed E-state index contributed by atoms with van der Waals surface area (Å²) in [5, 5.41) is 3.26. The van der Waals surface area contributed by atoms with Crippen molar-refractivity contribution in [2.45, 2.75) is 51.0 Å². The third kappa shape index (κ3) is 5.09. The number of sulfonamides is 1. The van der Waals surface area contributed by atoms with E-state index in [1.165, 1.54) is 4.31 Å². The van der Waals surface area contributed by atoms with Gasteiger partial charge in [-0.3, -0.25) is 0 Å². The number of benzene rings is 1. The van der Waals surface area contributed by atoms with Gasteiger partial charge >= 0.3 is 0 Å². The first-order valence-corrected chi connectivity index (χ1v) is 9.15. The smallest absolute Gasteiger partial charge is 0.243 e. The highest BCUT2D eigenvalue weighted by Crippen LogP contribution is 2.19. The van der Waals surface area contributed by atoms with E-state index in [1.807, 2.05) is 19.1 Å². The van der Waals surface area contributed by atoms with E-state index in [2.05, 4.69) is 19.2 Å². The van der Waals surface area contributed by atoms with Crippen LogP contribution in [0.15, 0.2) is 29.2 Å². The molecule has 0 aliphatic carbocycles. The van der Waals surface area contributed by atoms with Gasteiger partial charge in [0.2, 0.25) is 10.0 Å². The molecule has 0 aromatic heterocycles. The number of nitrogens with one attached hydrogen (secondary N) is 1. The van der Waals surface area contributed by atoms with Crippen molar-refractivity contribution in [1.82, 2.24) is 9.62 Å². The molecule has 1 unspecified atom stereocenters. The lowest BCUT2D eigenvalue weighted by Gasteiger charge is -2.24. The Bertz CT molecular complexity index is 512. The summed E-state index contributed by atoms with van der Waals surface area (Å²) in [5.74, 6) is 0. The predicted molar refractivity (Wildman–Crippen MR) is 88.0 cm³/mol. The van der Waals surface area contributed by atoms with Crippen LogP contribution in [0.25, 0.3) is 0 Å². The van der Waals surface area contributed by atoms with E-state index < -0.39 is 10.0 Å². The largest absolute Gasteiger partial charge is 0.317 e. The van der Waals surface area contributed by atoms with Gasteiger partial charge in [0.1, 0.15) is 0 Å². The van der Waals surface area contributed by atoms with E-state index in [0.29, 0.717) is 4.90 Å². The lowest BCUT2D eigenvalue weighted by atomic mass is 10.1. The minimum atomic E-state index is -3.38. The Morgan fingerprint density at radius 1 is 1.19 bits per heavy atom. The van der Waals surface area contributed by atoms with Crippen LogP contribution in [0.4, 0.5) is 0 Å². The van der Waals surface area contributed by atoms with Crippen molar-refractivity contribution in [3.63, 3.8) is 0 Å². The van der Waals surface area contributed by atoms with Crippen LogP contribution >= 0.6 is 0 Å². The van der Waals surface area contributed by atoms with E-state index in [-0.39, 0.29) is 6.04 Å². The first-order chi connectivity index (χ1) is 9.93. The lowest BCUT2D eigenvalue weighted by Crippen LogP contribution is -2.34. The molecule has 120 valence electrons. The molecule has 5 heteroatoms. The van der Waals surface area contributed by atoms with Gasteiger partial charge in [-0.1, -0.05) is 32.4 Å². The summed E-state index contributed by atoms with van der Waals surface area (Å²) in [6.07, 6.45) is 2.76. The highest BCUT2D eigenvalue weighted by molar-refractivity contribution is 7.89. The molecule has 0 saturated heterocycles. The molecule has 4 nitrogen and oxygen atoms in total. The van der Waals surface area contributed by atoms with Gasteiger partial charge < -0.3 is 5.32 Å². The minimum Gasteiger partial charge on any atom is -0.317 e. The Balaban J connectivity index is 2.79. The second kappa shape index (κ2) is 8.51. The van der Waals surface area contributed by atoms with Crippen LogP contribution < -0.4 is 5.32 Å². The Labute approximate surface area is 129 Å². The number of nitrogens with zero attached hydrogens (tertiary/aromatic N) is 1. The molecule has 21 heavy (non-hydrogen) atoms. The molecule has 1 aromatic rings. The Morgan fingerprint density at radius 3 is 2.33 bits per heavy atom. The van der Waals surface area contributed by atoms with Gasteiger partial charge in [0, 0.05) is 13.1 Å². The van der Waals surface area contributed by atoms with E-state index in [4.69, 9.17) is 0 Å². The molecule has 0 saturated carbocycles. The van der Waals surface area contributed by atoms with Crippen molar-refractivity contribution in [3.8, 4) is 0 Å². The number of rotatable bonds is 9. The summed E-state index contributed by atoms with van der Waals surface area (Å²) < 4.78 is 26.5. The summed E-state index contributed by atoms with van der Waals surface area (Å²) >= 11 is 0. The monoisotopic (exact) mass is 312 g/mol. The normalized spacial score (nSPS) is 13.6. The third-order valence-electron chi connectivity index (χ3n) is 3.77. The van der Waals surface area contributed by atoms with Crippen LogP contribution in [0.2, 0.25) is 0 Å². The fourth-order valence-electron chi connectivity index (χ4n) is 2.24. The van der Waals surface area contributed by atoms with Gasteiger partial charge in [-0.05, 0) is 50.6 Å². The summed E-state index contributed by atoms with van der Waals surface area (Å²) in [6, 6.07) is 7.26. The zero-order chi connectivity index (χ0) is 15.9. The molecule has 0 amide bonds. The number of hydrogen-bond acceptors (Lipinski definition) is 3. The van der Waals surface area contributed by atoms with Gasteiger partial charge in [-0.2, -0.15) is 4.31 Å². The maximum absolute atomic E-state index is 12.5. The van der Waals surface area contributed by atoms with Crippen molar-refractivity contribution in [2.75, 3.05) is 20.1 Å². The number of hydrogen-bond donors (Lipinski definition) is 1. The second-order valence-corrected chi connectivity index (χ2v) is 7.40. The summed E-state index contributed by atoms with van der Waals surface area (Å²) in [6.45, 7) is 7.95. The van der Waals surface area contributed by atoms with Crippen molar-refractivity contribution in [1.29, 1.82) is 0 Å².